The van der Waals surface area contributed by atoms with Crippen molar-refractivity contribution in [3.63, 3.8) is 0 Å². The maximum atomic E-state index is 2.50. The molecule has 2 nitrogen and oxygen atoms in total. The highest BCUT2D eigenvalue weighted by Crippen LogP contribution is 2.52. The molecule has 2 aromatic heterocycles. The van der Waals surface area contributed by atoms with E-state index >= 15 is 0 Å². The van der Waals surface area contributed by atoms with Crippen LogP contribution < -0.4 is 4.90 Å². The van der Waals surface area contributed by atoms with Gasteiger partial charge < -0.3 is 9.47 Å². The van der Waals surface area contributed by atoms with Crippen molar-refractivity contribution in [2.45, 2.75) is 38.5 Å². The first-order valence-electron chi connectivity index (χ1n) is 19.2. The highest BCUT2D eigenvalue weighted by Gasteiger charge is 2.37. The number of thiophene rings is 1. The molecule has 2 aliphatic rings. The second-order valence-electron chi connectivity index (χ2n) is 16.3. The van der Waals surface area contributed by atoms with Crippen LogP contribution in [0.4, 0.5) is 17.1 Å². The molecule has 0 radical (unpaired) electrons. The van der Waals surface area contributed by atoms with Gasteiger partial charge in [-0.3, -0.25) is 0 Å². The lowest BCUT2D eigenvalue weighted by atomic mass is 9.76. The first kappa shape index (κ1) is 32.3. The molecule has 11 rings (SSSR count). The van der Waals surface area contributed by atoms with Crippen molar-refractivity contribution in [1.82, 2.24) is 4.57 Å². The van der Waals surface area contributed by atoms with E-state index in [2.05, 4.69) is 206 Å². The van der Waals surface area contributed by atoms with Gasteiger partial charge in [0.1, 0.15) is 0 Å². The first-order valence-corrected chi connectivity index (χ1v) is 20.2. The lowest BCUT2D eigenvalue weighted by Crippen LogP contribution is -2.24. The fourth-order valence-corrected chi connectivity index (χ4v) is 10.6. The molecule has 1 aliphatic carbocycles. The number of hydrogen-bond donors (Lipinski definition) is 0. The van der Waals surface area contributed by atoms with Crippen LogP contribution in [0.2, 0.25) is 0 Å². The Bertz CT molecular complexity index is 2960. The molecule has 264 valence electrons. The van der Waals surface area contributed by atoms with Crippen molar-refractivity contribution in [2.24, 2.45) is 0 Å². The maximum Gasteiger partial charge on any atom is 0.0610 e. The van der Waals surface area contributed by atoms with E-state index in [-0.39, 0.29) is 10.8 Å². The number of aromatic nitrogens is 1. The van der Waals surface area contributed by atoms with Gasteiger partial charge in [0, 0.05) is 44.0 Å². The van der Waals surface area contributed by atoms with Gasteiger partial charge in [-0.05, 0) is 110 Å². The normalized spacial score (nSPS) is 14.5. The molecule has 0 N–H and O–H groups in total. The molecule has 9 aromatic rings. The largest absolute Gasteiger partial charge is 0.310 e. The summed E-state index contributed by atoms with van der Waals surface area (Å²) in [5, 5.41) is 7.28. The smallest absolute Gasteiger partial charge is 0.0610 e. The molecule has 0 bridgehead atoms. The Hall–Kier alpha value is -6.16. The van der Waals surface area contributed by atoms with Crippen LogP contribution in [-0.4, -0.2) is 4.57 Å². The number of hydrogen-bond acceptors (Lipinski definition) is 2. The molecule has 55 heavy (non-hydrogen) atoms. The van der Waals surface area contributed by atoms with Crippen molar-refractivity contribution < 1.29 is 0 Å². The van der Waals surface area contributed by atoms with Gasteiger partial charge in [0.05, 0.1) is 16.7 Å². The highest BCUT2D eigenvalue weighted by molar-refractivity contribution is 7.08. The molecule has 7 aromatic carbocycles. The zero-order valence-corrected chi connectivity index (χ0v) is 32.3. The van der Waals surface area contributed by atoms with E-state index in [1.807, 2.05) is 0 Å². The molecule has 0 fully saturated rings. The number of fused-ring (bicyclic) bond motifs is 8. The van der Waals surface area contributed by atoms with Crippen LogP contribution >= 0.6 is 11.3 Å². The molecule has 0 saturated heterocycles. The molecule has 0 unspecified atom stereocenters. The molecule has 3 heteroatoms. The van der Waals surface area contributed by atoms with Crippen molar-refractivity contribution in [1.29, 1.82) is 0 Å². The topological polar surface area (TPSA) is 8.17 Å². The summed E-state index contributed by atoms with van der Waals surface area (Å²) in [5.74, 6) is 0. The van der Waals surface area contributed by atoms with E-state index in [1.54, 1.807) is 11.3 Å². The van der Waals surface area contributed by atoms with Gasteiger partial charge in [-0.15, -0.1) is 11.3 Å². The van der Waals surface area contributed by atoms with Gasteiger partial charge in [0.2, 0.25) is 0 Å². The average molecular weight is 725 g/mol. The molecular weight excluding hydrogens is 685 g/mol. The van der Waals surface area contributed by atoms with Gasteiger partial charge in [-0.25, -0.2) is 0 Å². The van der Waals surface area contributed by atoms with Crippen molar-refractivity contribution in [2.75, 3.05) is 4.90 Å². The average Bonchev–Trinajstić information content (AvgIpc) is 3.91. The third kappa shape index (κ3) is 4.66. The van der Waals surface area contributed by atoms with Crippen molar-refractivity contribution >= 4 is 50.2 Å². The summed E-state index contributed by atoms with van der Waals surface area (Å²) in [6.45, 7) is 9.44. The van der Waals surface area contributed by atoms with Crippen LogP contribution in [0.15, 0.2) is 168 Å². The predicted octanol–water partition coefficient (Wildman–Crippen LogP) is 14.6. The number of benzene rings is 7. The Kier molecular flexibility index (Phi) is 6.85. The first-order chi connectivity index (χ1) is 26.8. The summed E-state index contributed by atoms with van der Waals surface area (Å²) in [7, 11) is 0. The van der Waals surface area contributed by atoms with E-state index in [0.29, 0.717) is 0 Å². The van der Waals surface area contributed by atoms with Gasteiger partial charge >= 0.3 is 0 Å². The summed E-state index contributed by atoms with van der Waals surface area (Å²) in [6, 6.07) is 58.6. The van der Waals surface area contributed by atoms with Crippen LogP contribution in [0.5, 0.6) is 0 Å². The number of rotatable bonds is 5. The minimum Gasteiger partial charge on any atom is -0.310 e. The lowest BCUT2D eigenvalue weighted by molar-refractivity contribution is 0.633. The third-order valence-corrected chi connectivity index (χ3v) is 13.3. The van der Waals surface area contributed by atoms with Gasteiger partial charge in [-0.1, -0.05) is 137 Å². The zero-order chi connectivity index (χ0) is 37.1. The SMILES string of the molecule is CC1(C)c2ccccc2-c2ccc(N(c3ccc(-c4ccccc4)cc3)c3ccc(-c4ccc5c(c4)c4cccc6c4n5-c4cscc4C6(C)C)cc3)cc21. The van der Waals surface area contributed by atoms with Gasteiger partial charge in [0.15, 0.2) is 0 Å². The van der Waals surface area contributed by atoms with Crippen LogP contribution in [0.1, 0.15) is 49.9 Å². The van der Waals surface area contributed by atoms with E-state index in [9.17, 15) is 0 Å². The van der Waals surface area contributed by atoms with Gasteiger partial charge in [0.25, 0.3) is 0 Å². The van der Waals surface area contributed by atoms with Crippen LogP contribution in [0.25, 0.3) is 60.9 Å². The van der Waals surface area contributed by atoms with E-state index < -0.39 is 0 Å². The predicted molar refractivity (Wildman–Crippen MR) is 234 cm³/mol. The number of anilines is 3. The minimum absolute atomic E-state index is 0.0375. The third-order valence-electron chi connectivity index (χ3n) is 12.5. The summed E-state index contributed by atoms with van der Waals surface area (Å²) >= 11 is 1.80. The molecule has 0 amide bonds. The fourth-order valence-electron chi connectivity index (χ4n) is 9.59. The Labute approximate surface area is 326 Å². The summed E-state index contributed by atoms with van der Waals surface area (Å²) in [5.41, 5.74) is 20.3. The second-order valence-corrected chi connectivity index (χ2v) is 17.0. The Morgan fingerprint density at radius 1 is 0.436 bits per heavy atom. The fraction of sp³-hybridized carbons (Fsp3) is 0.115. The highest BCUT2D eigenvalue weighted by atomic mass is 32.1. The molecule has 0 saturated carbocycles. The maximum absolute atomic E-state index is 2.50. The zero-order valence-electron chi connectivity index (χ0n) is 31.5. The molecular formula is C52H40N2S. The number of nitrogens with zero attached hydrogens (tertiary/aromatic N) is 2. The second kappa shape index (κ2) is 11.7. The summed E-state index contributed by atoms with van der Waals surface area (Å²) in [6.07, 6.45) is 0. The molecule has 3 heterocycles. The van der Waals surface area contributed by atoms with Crippen LogP contribution in [0.3, 0.4) is 0 Å². The standard InChI is InChI=1S/C52H40N2S/c1-51(2)44-15-9-8-13-40(44)41-27-26-39(30-46(41)51)53(37-22-17-34(18-23-37)33-11-6-5-7-12-33)38-24-19-35(20-25-38)36-21-28-48-43(29-36)42-14-10-16-45-50(42)54(48)49-32-55-31-47(49)52(45,3)4/h5-32H,1-4H3. The minimum atomic E-state index is -0.0859. The van der Waals surface area contributed by atoms with E-state index in [4.69, 9.17) is 0 Å². The Morgan fingerprint density at radius 2 is 1.04 bits per heavy atom. The Balaban J connectivity index is 1.02. The Morgan fingerprint density at radius 3 is 1.80 bits per heavy atom. The van der Waals surface area contributed by atoms with E-state index in [1.165, 1.54) is 83.1 Å². The molecule has 1 aliphatic heterocycles. The van der Waals surface area contributed by atoms with Gasteiger partial charge in [-0.2, -0.15) is 0 Å². The van der Waals surface area contributed by atoms with Crippen LogP contribution in [0, 0.1) is 0 Å². The number of para-hydroxylation sites is 1. The lowest BCUT2D eigenvalue weighted by Gasteiger charge is -2.32. The van der Waals surface area contributed by atoms with Crippen molar-refractivity contribution in [3.8, 4) is 39.1 Å². The summed E-state index contributed by atoms with van der Waals surface area (Å²) in [4.78, 5) is 2.41. The molecule has 0 spiro atoms. The quantitative estimate of drug-likeness (QED) is 0.172. The van der Waals surface area contributed by atoms with Crippen molar-refractivity contribution in [3.05, 3.63) is 191 Å². The molecule has 0 atom stereocenters. The van der Waals surface area contributed by atoms with E-state index in [0.717, 1.165) is 17.1 Å². The summed E-state index contributed by atoms with van der Waals surface area (Å²) < 4.78 is 2.50. The monoisotopic (exact) mass is 724 g/mol. The van der Waals surface area contributed by atoms with Crippen LogP contribution in [-0.2, 0) is 10.8 Å².